The topological polar surface area (TPSA) is 98.7 Å². The third kappa shape index (κ3) is 2.60. The number of hydrogen-bond acceptors (Lipinski definition) is 4. The highest BCUT2D eigenvalue weighted by atomic mass is 16.4. The van der Waals surface area contributed by atoms with Gasteiger partial charge in [-0.2, -0.15) is 0 Å². The van der Waals surface area contributed by atoms with Gasteiger partial charge in [-0.25, -0.2) is 4.79 Å². The van der Waals surface area contributed by atoms with Crippen LogP contribution in [0.25, 0.3) is 0 Å². The minimum atomic E-state index is -1.20. The predicted molar refractivity (Wildman–Crippen MR) is 64.7 cm³/mol. The Kier molecular flexibility index (Phi) is 3.47. The highest BCUT2D eigenvalue weighted by Gasteiger charge is 2.22. The first kappa shape index (κ1) is 12.4. The maximum absolute atomic E-state index is 11.8. The average molecular weight is 250 g/mol. The number of carboxylic acid groups (broad SMARTS) is 1. The first-order chi connectivity index (χ1) is 8.58. The van der Waals surface area contributed by atoms with Crippen LogP contribution in [0.15, 0.2) is 18.2 Å². The van der Waals surface area contributed by atoms with Crippen molar-refractivity contribution in [2.24, 2.45) is 5.92 Å². The number of aromatic hydroxyl groups is 1. The molecule has 1 amide bonds. The third-order valence-corrected chi connectivity index (χ3v) is 2.93. The van der Waals surface area contributed by atoms with E-state index in [0.29, 0.717) is 12.2 Å². The van der Waals surface area contributed by atoms with Crippen molar-refractivity contribution >= 4 is 17.6 Å². The molecule has 1 aliphatic rings. The summed E-state index contributed by atoms with van der Waals surface area (Å²) in [5, 5.41) is 24.0. The largest absolute Gasteiger partial charge is 0.507 e. The van der Waals surface area contributed by atoms with E-state index in [4.69, 9.17) is 5.11 Å². The number of rotatable bonds is 3. The zero-order valence-electron chi connectivity index (χ0n) is 9.64. The molecule has 6 nitrogen and oxygen atoms in total. The molecule has 1 unspecified atom stereocenters. The standard InChI is InChI=1S/C12H14N2O4/c15-10-5-8(1-2-9(10)12(17)18)14-11(16)7-3-4-13-6-7/h1-2,5,7,13,15H,3-4,6H2,(H,14,16)(H,17,18). The lowest BCUT2D eigenvalue weighted by atomic mass is 10.1. The maximum Gasteiger partial charge on any atom is 0.339 e. The lowest BCUT2D eigenvalue weighted by Gasteiger charge is -2.10. The SMILES string of the molecule is O=C(O)c1ccc(NC(=O)C2CCNC2)cc1O. The number of nitrogens with one attached hydrogen (secondary N) is 2. The molecule has 0 saturated carbocycles. The van der Waals surface area contributed by atoms with Crippen LogP contribution in [-0.4, -0.2) is 35.2 Å². The van der Waals surface area contributed by atoms with Crippen molar-refractivity contribution < 1.29 is 19.8 Å². The van der Waals surface area contributed by atoms with E-state index >= 15 is 0 Å². The Balaban J connectivity index is 2.07. The van der Waals surface area contributed by atoms with Crippen LogP contribution in [0.4, 0.5) is 5.69 Å². The van der Waals surface area contributed by atoms with Crippen molar-refractivity contribution in [3.8, 4) is 5.75 Å². The average Bonchev–Trinajstić information content (AvgIpc) is 2.81. The second-order valence-electron chi connectivity index (χ2n) is 4.22. The molecular formula is C12H14N2O4. The fourth-order valence-electron chi connectivity index (χ4n) is 1.91. The van der Waals surface area contributed by atoms with Gasteiger partial charge in [0.15, 0.2) is 0 Å². The van der Waals surface area contributed by atoms with E-state index in [9.17, 15) is 14.7 Å². The smallest absolute Gasteiger partial charge is 0.339 e. The van der Waals surface area contributed by atoms with Crippen LogP contribution in [-0.2, 0) is 4.79 Å². The van der Waals surface area contributed by atoms with Gasteiger partial charge < -0.3 is 20.8 Å². The van der Waals surface area contributed by atoms with Crippen LogP contribution < -0.4 is 10.6 Å². The third-order valence-electron chi connectivity index (χ3n) is 2.93. The molecule has 0 aromatic heterocycles. The number of hydrogen-bond donors (Lipinski definition) is 4. The Morgan fingerprint density at radius 3 is 2.72 bits per heavy atom. The highest BCUT2D eigenvalue weighted by molar-refractivity contribution is 5.95. The Morgan fingerprint density at radius 1 is 1.39 bits per heavy atom. The van der Waals surface area contributed by atoms with Crippen molar-refractivity contribution in [3.05, 3.63) is 23.8 Å². The molecule has 1 atom stereocenters. The van der Waals surface area contributed by atoms with Gasteiger partial charge in [0.25, 0.3) is 0 Å². The van der Waals surface area contributed by atoms with Gasteiger partial charge in [-0.1, -0.05) is 0 Å². The summed E-state index contributed by atoms with van der Waals surface area (Å²) < 4.78 is 0. The minimum absolute atomic E-state index is 0.0775. The second kappa shape index (κ2) is 5.05. The van der Waals surface area contributed by atoms with Crippen LogP contribution in [0, 0.1) is 5.92 Å². The lowest BCUT2D eigenvalue weighted by Crippen LogP contribution is -2.24. The second-order valence-corrected chi connectivity index (χ2v) is 4.22. The van der Waals surface area contributed by atoms with E-state index in [1.54, 1.807) is 0 Å². The number of aromatic carboxylic acids is 1. The molecule has 6 heteroatoms. The number of carbonyl (C=O) groups excluding carboxylic acids is 1. The Labute approximate surface area is 104 Å². The number of phenols is 1. The molecule has 2 rings (SSSR count). The lowest BCUT2D eigenvalue weighted by molar-refractivity contribution is -0.119. The van der Waals surface area contributed by atoms with Crippen LogP contribution in [0.2, 0.25) is 0 Å². The zero-order valence-corrected chi connectivity index (χ0v) is 9.64. The summed E-state index contributed by atoms with van der Waals surface area (Å²) in [6.07, 6.45) is 0.783. The summed E-state index contributed by atoms with van der Waals surface area (Å²) in [7, 11) is 0. The van der Waals surface area contributed by atoms with E-state index in [-0.39, 0.29) is 23.1 Å². The highest BCUT2D eigenvalue weighted by Crippen LogP contribution is 2.22. The van der Waals surface area contributed by atoms with Crippen molar-refractivity contribution in [2.75, 3.05) is 18.4 Å². The van der Waals surface area contributed by atoms with Crippen LogP contribution in [0.5, 0.6) is 5.75 Å². The first-order valence-corrected chi connectivity index (χ1v) is 5.66. The molecule has 1 heterocycles. The van der Waals surface area contributed by atoms with E-state index in [2.05, 4.69) is 10.6 Å². The monoisotopic (exact) mass is 250 g/mol. The van der Waals surface area contributed by atoms with Gasteiger partial charge in [-0.3, -0.25) is 4.79 Å². The van der Waals surface area contributed by atoms with Crippen molar-refractivity contribution in [1.82, 2.24) is 5.32 Å². The van der Waals surface area contributed by atoms with Gasteiger partial charge in [0.2, 0.25) is 5.91 Å². The number of amides is 1. The van der Waals surface area contributed by atoms with Crippen molar-refractivity contribution in [2.45, 2.75) is 6.42 Å². The summed E-state index contributed by atoms with van der Waals surface area (Å²) in [5.74, 6) is -1.76. The van der Waals surface area contributed by atoms with Gasteiger partial charge in [0.05, 0.1) is 5.92 Å². The molecule has 1 aromatic carbocycles. The first-order valence-electron chi connectivity index (χ1n) is 5.66. The molecular weight excluding hydrogens is 236 g/mol. The van der Waals surface area contributed by atoms with Crippen LogP contribution in [0.3, 0.4) is 0 Å². The normalized spacial score (nSPS) is 18.6. The molecule has 0 bridgehead atoms. The minimum Gasteiger partial charge on any atom is -0.507 e. The van der Waals surface area contributed by atoms with Crippen molar-refractivity contribution in [1.29, 1.82) is 0 Å². The summed E-state index contributed by atoms with van der Waals surface area (Å²) in [6.45, 7) is 1.46. The van der Waals surface area contributed by atoms with Gasteiger partial charge in [-0.15, -0.1) is 0 Å². The van der Waals surface area contributed by atoms with E-state index in [0.717, 1.165) is 13.0 Å². The maximum atomic E-state index is 11.8. The number of benzene rings is 1. The van der Waals surface area contributed by atoms with Crippen LogP contribution in [0.1, 0.15) is 16.8 Å². The zero-order chi connectivity index (χ0) is 13.1. The van der Waals surface area contributed by atoms with Gasteiger partial charge in [0.1, 0.15) is 11.3 Å². The van der Waals surface area contributed by atoms with Gasteiger partial charge in [-0.05, 0) is 25.1 Å². The molecule has 1 aromatic rings. The molecule has 0 spiro atoms. The Bertz CT molecular complexity index is 481. The molecule has 4 N–H and O–H groups in total. The number of carbonyl (C=O) groups is 2. The van der Waals surface area contributed by atoms with E-state index in [1.807, 2.05) is 0 Å². The fourth-order valence-corrected chi connectivity index (χ4v) is 1.91. The molecule has 0 aliphatic carbocycles. The van der Waals surface area contributed by atoms with E-state index < -0.39 is 5.97 Å². The van der Waals surface area contributed by atoms with Crippen molar-refractivity contribution in [3.63, 3.8) is 0 Å². The van der Waals surface area contributed by atoms with Crippen LogP contribution >= 0.6 is 0 Å². The predicted octanol–water partition coefficient (Wildman–Crippen LogP) is 0.638. The Hall–Kier alpha value is -2.08. The molecule has 1 aliphatic heterocycles. The summed E-state index contributed by atoms with van der Waals surface area (Å²) >= 11 is 0. The molecule has 1 saturated heterocycles. The quantitative estimate of drug-likeness (QED) is 0.631. The van der Waals surface area contributed by atoms with E-state index in [1.165, 1.54) is 18.2 Å². The summed E-state index contributed by atoms with van der Waals surface area (Å²) in [4.78, 5) is 22.5. The Morgan fingerprint density at radius 2 is 2.17 bits per heavy atom. The number of carboxylic acids is 1. The fraction of sp³-hybridized carbons (Fsp3) is 0.333. The number of anilines is 1. The van der Waals surface area contributed by atoms with Gasteiger partial charge >= 0.3 is 5.97 Å². The summed E-state index contributed by atoms with van der Waals surface area (Å²) in [6, 6.07) is 3.97. The van der Waals surface area contributed by atoms with Gasteiger partial charge in [0, 0.05) is 18.3 Å². The molecule has 18 heavy (non-hydrogen) atoms. The summed E-state index contributed by atoms with van der Waals surface area (Å²) in [5.41, 5.74) is 0.213. The molecule has 96 valence electrons. The molecule has 1 fully saturated rings. The molecule has 0 radical (unpaired) electrons.